The van der Waals surface area contributed by atoms with Gasteiger partial charge in [0.05, 0.1) is 29.7 Å². The summed E-state index contributed by atoms with van der Waals surface area (Å²) in [5.74, 6) is 0.806. The van der Waals surface area contributed by atoms with Gasteiger partial charge in [0, 0.05) is 31.9 Å². The molecule has 5 nitrogen and oxygen atoms in total. The normalized spacial score (nSPS) is 14.5. The fraction of sp³-hybridized carbons (Fsp3) is 0.345. The van der Waals surface area contributed by atoms with Crippen LogP contribution in [0.2, 0.25) is 10.0 Å². The van der Waals surface area contributed by atoms with Gasteiger partial charge in [-0.05, 0) is 61.3 Å². The molecule has 1 aliphatic heterocycles. The van der Waals surface area contributed by atoms with Crippen LogP contribution in [0.4, 0.5) is 5.69 Å². The van der Waals surface area contributed by atoms with Crippen molar-refractivity contribution in [3.8, 4) is 16.9 Å². The van der Waals surface area contributed by atoms with Crippen LogP contribution in [0.15, 0.2) is 66.7 Å². The zero-order valence-electron chi connectivity index (χ0n) is 21.1. The van der Waals surface area contributed by atoms with Gasteiger partial charge in [-0.15, -0.1) is 0 Å². The zero-order chi connectivity index (χ0) is 25.7. The Kier molecular flexibility index (Phi) is 8.78. The minimum atomic E-state index is -0.141. The molecule has 0 radical (unpaired) electrons. The first-order chi connectivity index (χ1) is 17.4. The van der Waals surface area contributed by atoms with Gasteiger partial charge in [-0.2, -0.15) is 0 Å². The first-order valence-corrected chi connectivity index (χ1v) is 13.0. The highest BCUT2D eigenvalue weighted by Crippen LogP contribution is 2.35. The maximum atomic E-state index is 13.5. The molecule has 1 fully saturated rings. The molecule has 0 aromatic heterocycles. The van der Waals surface area contributed by atoms with E-state index in [-0.39, 0.29) is 18.5 Å². The van der Waals surface area contributed by atoms with Crippen molar-refractivity contribution in [1.82, 2.24) is 9.80 Å². The Hall–Kier alpha value is -2.73. The number of hydrogen-bond acceptors (Lipinski definition) is 4. The molecule has 36 heavy (non-hydrogen) atoms. The maximum absolute atomic E-state index is 13.5. The van der Waals surface area contributed by atoms with Crippen molar-refractivity contribution < 1.29 is 9.53 Å². The van der Waals surface area contributed by atoms with Gasteiger partial charge in [0.15, 0.2) is 0 Å². The third kappa shape index (κ3) is 6.15. The Morgan fingerprint density at radius 2 is 1.67 bits per heavy atom. The lowest BCUT2D eigenvalue weighted by molar-refractivity contribution is -0.131. The van der Waals surface area contributed by atoms with Crippen molar-refractivity contribution in [1.29, 1.82) is 0 Å². The van der Waals surface area contributed by atoms with Crippen LogP contribution in [-0.2, 0) is 4.79 Å². The van der Waals surface area contributed by atoms with Crippen molar-refractivity contribution in [2.75, 3.05) is 52.3 Å². The highest BCUT2D eigenvalue weighted by Gasteiger charge is 2.28. The van der Waals surface area contributed by atoms with Crippen LogP contribution in [-0.4, -0.2) is 63.1 Å². The molecule has 1 unspecified atom stereocenters. The Morgan fingerprint density at radius 1 is 0.944 bits per heavy atom. The number of methoxy groups -OCH3 is 1. The minimum Gasteiger partial charge on any atom is -0.496 e. The molecule has 1 saturated heterocycles. The summed E-state index contributed by atoms with van der Waals surface area (Å²) in [4.78, 5) is 19.7. The number of carbonyl (C=O) groups is 1. The third-order valence-electron chi connectivity index (χ3n) is 6.91. The Balaban J connectivity index is 1.60. The van der Waals surface area contributed by atoms with E-state index in [4.69, 9.17) is 27.9 Å². The lowest BCUT2D eigenvalue weighted by Gasteiger charge is -2.34. The van der Waals surface area contributed by atoms with Gasteiger partial charge >= 0.3 is 0 Å². The fourth-order valence-electron chi connectivity index (χ4n) is 4.74. The molecule has 0 spiro atoms. The van der Waals surface area contributed by atoms with E-state index in [1.54, 1.807) is 19.2 Å². The number of halogens is 2. The number of carbonyl (C=O) groups excluding carboxylic acids is 1. The lowest BCUT2D eigenvalue weighted by atomic mass is 9.98. The molecule has 1 aliphatic rings. The Bertz CT molecular complexity index is 1180. The van der Waals surface area contributed by atoms with Gasteiger partial charge in [-0.1, -0.05) is 65.7 Å². The monoisotopic (exact) mass is 525 g/mol. The highest BCUT2D eigenvalue weighted by atomic mass is 35.5. The van der Waals surface area contributed by atoms with Crippen molar-refractivity contribution in [2.24, 2.45) is 0 Å². The van der Waals surface area contributed by atoms with Crippen LogP contribution in [0.3, 0.4) is 0 Å². The first-order valence-electron chi connectivity index (χ1n) is 12.2. The van der Waals surface area contributed by atoms with Crippen LogP contribution < -0.4 is 9.64 Å². The molecule has 190 valence electrons. The second-order valence-corrected chi connectivity index (χ2v) is 10.1. The predicted molar refractivity (Wildman–Crippen MR) is 149 cm³/mol. The molecule has 1 amide bonds. The number of nitrogens with zero attached hydrogens (tertiary/aromatic N) is 3. The van der Waals surface area contributed by atoms with Gasteiger partial charge < -0.3 is 19.4 Å². The quantitative estimate of drug-likeness (QED) is 0.323. The van der Waals surface area contributed by atoms with Gasteiger partial charge in [0.25, 0.3) is 0 Å². The summed E-state index contributed by atoms with van der Waals surface area (Å²) < 4.78 is 5.86. The molecule has 1 heterocycles. The van der Waals surface area contributed by atoms with Crippen LogP contribution in [0, 0.1) is 0 Å². The Morgan fingerprint density at radius 3 is 2.33 bits per heavy atom. The van der Waals surface area contributed by atoms with Crippen LogP contribution in [0.1, 0.15) is 24.4 Å². The van der Waals surface area contributed by atoms with Crippen molar-refractivity contribution >= 4 is 34.8 Å². The number of ether oxygens (including phenoxy) is 1. The maximum Gasteiger partial charge on any atom is 0.242 e. The number of hydrogen-bond donors (Lipinski definition) is 0. The van der Waals surface area contributed by atoms with Gasteiger partial charge in [-0.25, -0.2) is 0 Å². The highest BCUT2D eigenvalue weighted by molar-refractivity contribution is 6.42. The minimum absolute atomic E-state index is 0.0157. The SMILES string of the molecule is COc1cc(-c2ccccc2)ccc1C(CN1CCCC1)N(C)C(=O)CN(C)c1ccc(Cl)c(Cl)c1. The van der Waals surface area contributed by atoms with Crippen LogP contribution in [0.5, 0.6) is 5.75 Å². The summed E-state index contributed by atoms with van der Waals surface area (Å²) in [5, 5.41) is 0.964. The summed E-state index contributed by atoms with van der Waals surface area (Å²) in [7, 11) is 5.46. The average molecular weight is 527 g/mol. The molecule has 4 rings (SSSR count). The number of rotatable bonds is 9. The third-order valence-corrected chi connectivity index (χ3v) is 7.65. The molecule has 7 heteroatoms. The molecule has 0 N–H and O–H groups in total. The predicted octanol–water partition coefficient (Wildman–Crippen LogP) is 6.40. The smallest absolute Gasteiger partial charge is 0.242 e. The first kappa shape index (κ1) is 26.3. The number of anilines is 1. The van der Waals surface area contributed by atoms with Gasteiger partial charge in [0.2, 0.25) is 5.91 Å². The number of likely N-dealkylation sites (N-methyl/N-ethyl adjacent to an activating group) is 2. The number of amides is 1. The van der Waals surface area contributed by atoms with E-state index in [1.807, 2.05) is 48.2 Å². The van der Waals surface area contributed by atoms with Gasteiger partial charge in [0.1, 0.15) is 5.75 Å². The molecule has 0 saturated carbocycles. The number of likely N-dealkylation sites (tertiary alicyclic amines) is 1. The summed E-state index contributed by atoms with van der Waals surface area (Å²) in [6.45, 7) is 3.08. The van der Waals surface area contributed by atoms with Gasteiger partial charge in [-0.3, -0.25) is 4.79 Å². The molecule has 0 aliphatic carbocycles. The van der Waals surface area contributed by atoms with Crippen molar-refractivity contribution in [2.45, 2.75) is 18.9 Å². The Labute approximate surface area is 224 Å². The van der Waals surface area contributed by atoms with E-state index >= 15 is 0 Å². The van der Waals surface area contributed by atoms with Crippen LogP contribution in [0.25, 0.3) is 11.1 Å². The molecule has 3 aromatic carbocycles. The molecule has 3 aromatic rings. The van der Waals surface area contributed by atoms with Crippen LogP contribution >= 0.6 is 23.2 Å². The summed E-state index contributed by atoms with van der Waals surface area (Å²) in [6, 6.07) is 21.8. The number of benzene rings is 3. The molecule has 0 bridgehead atoms. The fourth-order valence-corrected chi connectivity index (χ4v) is 5.03. The molecular weight excluding hydrogens is 493 g/mol. The zero-order valence-corrected chi connectivity index (χ0v) is 22.6. The van der Waals surface area contributed by atoms with E-state index in [0.717, 1.165) is 47.8 Å². The van der Waals surface area contributed by atoms with E-state index in [1.165, 1.54) is 12.8 Å². The second kappa shape index (κ2) is 12.0. The average Bonchev–Trinajstić information content (AvgIpc) is 3.42. The summed E-state index contributed by atoms with van der Waals surface area (Å²) >= 11 is 12.3. The molecule has 1 atom stereocenters. The van der Waals surface area contributed by atoms with E-state index < -0.39 is 0 Å². The second-order valence-electron chi connectivity index (χ2n) is 9.31. The topological polar surface area (TPSA) is 36.0 Å². The molecular formula is C29H33Cl2N3O2. The largest absolute Gasteiger partial charge is 0.496 e. The van der Waals surface area contributed by atoms with E-state index in [2.05, 4.69) is 35.2 Å². The summed E-state index contributed by atoms with van der Waals surface area (Å²) in [5.41, 5.74) is 4.07. The standard InChI is InChI=1S/C29H33Cl2N3O2/c1-32(23-12-14-25(30)26(31)18-23)20-29(35)33(2)27(19-34-15-7-8-16-34)24-13-11-22(17-28(24)36-3)21-9-5-4-6-10-21/h4-6,9-14,17-18,27H,7-8,15-16,19-20H2,1-3H3. The van der Waals surface area contributed by atoms with Crippen molar-refractivity contribution in [3.05, 3.63) is 82.3 Å². The summed E-state index contributed by atoms with van der Waals surface area (Å²) in [6.07, 6.45) is 2.38. The van der Waals surface area contributed by atoms with E-state index in [0.29, 0.717) is 10.0 Å². The van der Waals surface area contributed by atoms with Crippen molar-refractivity contribution in [3.63, 3.8) is 0 Å². The lowest BCUT2D eigenvalue weighted by Crippen LogP contribution is -2.42. The van der Waals surface area contributed by atoms with E-state index in [9.17, 15) is 4.79 Å².